The van der Waals surface area contributed by atoms with Crippen LogP contribution in [0.15, 0.2) is 24.5 Å². The predicted molar refractivity (Wildman–Crippen MR) is 76.1 cm³/mol. The van der Waals surface area contributed by atoms with Crippen molar-refractivity contribution in [2.45, 2.75) is 31.8 Å². The molecule has 1 aliphatic rings. The van der Waals surface area contributed by atoms with Gasteiger partial charge in [0.25, 0.3) is 0 Å². The first-order valence-corrected chi connectivity index (χ1v) is 6.77. The number of likely N-dealkylation sites (tertiary alicyclic amines) is 1. The Balaban J connectivity index is 1.74. The van der Waals surface area contributed by atoms with Gasteiger partial charge in [-0.05, 0) is 38.9 Å². The second-order valence-electron chi connectivity index (χ2n) is 5.29. The standard InChI is InChI=1S/C14H19N5/c1-10-9-11(5-8-19(10)2)17-13-4-3-12-14(18-13)16-7-6-15-12/h3-4,6-7,10-11H,5,8-9H2,1-2H3,(H,16,17,18). The smallest absolute Gasteiger partial charge is 0.180 e. The highest BCUT2D eigenvalue weighted by atomic mass is 15.2. The third-order valence-electron chi connectivity index (χ3n) is 3.89. The molecule has 0 amide bonds. The SMILES string of the molecule is CC1CC(Nc2ccc3nccnc3n2)CCN1C. The minimum atomic E-state index is 0.493. The predicted octanol–water partition coefficient (Wildman–Crippen LogP) is 1.92. The third kappa shape index (κ3) is 2.66. The van der Waals surface area contributed by atoms with Gasteiger partial charge < -0.3 is 10.2 Å². The zero-order valence-corrected chi connectivity index (χ0v) is 11.4. The van der Waals surface area contributed by atoms with Crippen LogP contribution in [-0.4, -0.2) is 45.5 Å². The Labute approximate surface area is 113 Å². The molecule has 0 spiro atoms. The van der Waals surface area contributed by atoms with Crippen molar-refractivity contribution in [1.82, 2.24) is 19.9 Å². The first-order valence-electron chi connectivity index (χ1n) is 6.77. The normalized spacial score (nSPS) is 24.5. The summed E-state index contributed by atoms with van der Waals surface area (Å²) in [5, 5.41) is 3.52. The summed E-state index contributed by atoms with van der Waals surface area (Å²) < 4.78 is 0. The van der Waals surface area contributed by atoms with E-state index < -0.39 is 0 Å². The number of piperidine rings is 1. The van der Waals surface area contributed by atoms with Gasteiger partial charge in [0.05, 0.1) is 0 Å². The maximum atomic E-state index is 4.52. The number of anilines is 1. The molecule has 0 aliphatic carbocycles. The Hall–Kier alpha value is -1.75. The van der Waals surface area contributed by atoms with Gasteiger partial charge in [-0.2, -0.15) is 0 Å². The fourth-order valence-electron chi connectivity index (χ4n) is 2.56. The lowest BCUT2D eigenvalue weighted by atomic mass is 9.99. The van der Waals surface area contributed by atoms with Crippen molar-refractivity contribution >= 4 is 17.0 Å². The second-order valence-corrected chi connectivity index (χ2v) is 5.29. The summed E-state index contributed by atoms with van der Waals surface area (Å²) in [5.74, 6) is 0.898. The van der Waals surface area contributed by atoms with Crippen molar-refractivity contribution < 1.29 is 0 Å². The Morgan fingerprint density at radius 1 is 1.26 bits per heavy atom. The zero-order valence-electron chi connectivity index (χ0n) is 11.4. The maximum absolute atomic E-state index is 4.52. The van der Waals surface area contributed by atoms with Gasteiger partial charge in [-0.25, -0.2) is 9.97 Å². The van der Waals surface area contributed by atoms with Crippen LogP contribution >= 0.6 is 0 Å². The molecule has 5 heteroatoms. The molecule has 19 heavy (non-hydrogen) atoms. The van der Waals surface area contributed by atoms with E-state index in [0.717, 1.165) is 30.7 Å². The van der Waals surface area contributed by atoms with Crippen molar-refractivity contribution in [1.29, 1.82) is 0 Å². The Bertz CT molecular complexity index is 571. The number of hydrogen-bond donors (Lipinski definition) is 1. The highest BCUT2D eigenvalue weighted by molar-refractivity contribution is 5.71. The first-order chi connectivity index (χ1) is 9.22. The molecule has 2 unspecified atom stereocenters. The molecule has 5 nitrogen and oxygen atoms in total. The molecule has 1 fully saturated rings. The third-order valence-corrected chi connectivity index (χ3v) is 3.89. The molecule has 1 saturated heterocycles. The average molecular weight is 257 g/mol. The lowest BCUT2D eigenvalue weighted by molar-refractivity contribution is 0.190. The number of rotatable bonds is 2. The Morgan fingerprint density at radius 3 is 2.95 bits per heavy atom. The van der Waals surface area contributed by atoms with Gasteiger partial charge in [0.1, 0.15) is 11.3 Å². The topological polar surface area (TPSA) is 53.9 Å². The molecule has 3 rings (SSSR count). The summed E-state index contributed by atoms with van der Waals surface area (Å²) >= 11 is 0. The van der Waals surface area contributed by atoms with E-state index in [-0.39, 0.29) is 0 Å². The lowest BCUT2D eigenvalue weighted by Gasteiger charge is -2.35. The van der Waals surface area contributed by atoms with Gasteiger partial charge in [0.2, 0.25) is 0 Å². The quantitative estimate of drug-likeness (QED) is 0.890. The summed E-state index contributed by atoms with van der Waals surface area (Å²) in [6.07, 6.45) is 5.67. The molecule has 100 valence electrons. The summed E-state index contributed by atoms with van der Waals surface area (Å²) in [7, 11) is 2.19. The Morgan fingerprint density at radius 2 is 2.11 bits per heavy atom. The van der Waals surface area contributed by atoms with Gasteiger partial charge in [0, 0.05) is 31.0 Å². The fourth-order valence-corrected chi connectivity index (χ4v) is 2.56. The van der Waals surface area contributed by atoms with Crippen LogP contribution < -0.4 is 5.32 Å². The van der Waals surface area contributed by atoms with E-state index in [1.807, 2.05) is 12.1 Å². The number of fused-ring (bicyclic) bond motifs is 1. The molecule has 0 saturated carbocycles. The molecule has 0 bridgehead atoms. The van der Waals surface area contributed by atoms with Gasteiger partial charge in [-0.15, -0.1) is 0 Å². The fraction of sp³-hybridized carbons (Fsp3) is 0.500. The van der Waals surface area contributed by atoms with Gasteiger partial charge in [0.15, 0.2) is 5.65 Å². The zero-order chi connectivity index (χ0) is 13.2. The largest absolute Gasteiger partial charge is 0.367 e. The number of nitrogens with zero attached hydrogens (tertiary/aromatic N) is 4. The van der Waals surface area contributed by atoms with E-state index in [1.54, 1.807) is 12.4 Å². The minimum absolute atomic E-state index is 0.493. The Kier molecular flexibility index (Phi) is 3.29. The molecule has 3 heterocycles. The van der Waals surface area contributed by atoms with Crippen molar-refractivity contribution in [3.05, 3.63) is 24.5 Å². The average Bonchev–Trinajstić information content (AvgIpc) is 2.43. The highest BCUT2D eigenvalue weighted by Gasteiger charge is 2.22. The van der Waals surface area contributed by atoms with E-state index in [9.17, 15) is 0 Å². The number of pyridine rings is 1. The van der Waals surface area contributed by atoms with Crippen LogP contribution in [0.4, 0.5) is 5.82 Å². The molecule has 2 aromatic rings. The monoisotopic (exact) mass is 257 g/mol. The van der Waals surface area contributed by atoms with Crippen LogP contribution in [0.1, 0.15) is 19.8 Å². The second kappa shape index (κ2) is 5.09. The van der Waals surface area contributed by atoms with E-state index >= 15 is 0 Å². The van der Waals surface area contributed by atoms with Crippen molar-refractivity contribution in [2.24, 2.45) is 0 Å². The minimum Gasteiger partial charge on any atom is -0.367 e. The molecule has 1 aliphatic heterocycles. The highest BCUT2D eigenvalue weighted by Crippen LogP contribution is 2.19. The summed E-state index contributed by atoms with van der Waals surface area (Å²) in [6, 6.07) is 5.06. The van der Waals surface area contributed by atoms with Gasteiger partial charge in [-0.1, -0.05) is 0 Å². The van der Waals surface area contributed by atoms with E-state index in [4.69, 9.17) is 0 Å². The van der Waals surface area contributed by atoms with Crippen LogP contribution in [0, 0.1) is 0 Å². The van der Waals surface area contributed by atoms with Crippen molar-refractivity contribution in [2.75, 3.05) is 18.9 Å². The van der Waals surface area contributed by atoms with E-state index in [1.165, 1.54) is 0 Å². The number of nitrogens with one attached hydrogen (secondary N) is 1. The van der Waals surface area contributed by atoms with Gasteiger partial charge in [-0.3, -0.25) is 4.98 Å². The summed E-state index contributed by atoms with van der Waals surface area (Å²) in [5.41, 5.74) is 1.54. The van der Waals surface area contributed by atoms with Crippen LogP contribution in [0.2, 0.25) is 0 Å². The van der Waals surface area contributed by atoms with E-state index in [0.29, 0.717) is 17.7 Å². The van der Waals surface area contributed by atoms with E-state index in [2.05, 4.69) is 39.1 Å². The molecular weight excluding hydrogens is 238 g/mol. The van der Waals surface area contributed by atoms with Gasteiger partial charge >= 0.3 is 0 Å². The molecule has 2 aromatic heterocycles. The molecular formula is C14H19N5. The maximum Gasteiger partial charge on any atom is 0.180 e. The van der Waals surface area contributed by atoms with Crippen LogP contribution in [-0.2, 0) is 0 Å². The molecule has 0 radical (unpaired) electrons. The summed E-state index contributed by atoms with van der Waals surface area (Å²) in [4.78, 5) is 15.4. The molecule has 1 N–H and O–H groups in total. The van der Waals surface area contributed by atoms with Crippen molar-refractivity contribution in [3.8, 4) is 0 Å². The summed E-state index contributed by atoms with van der Waals surface area (Å²) in [6.45, 7) is 3.40. The lowest BCUT2D eigenvalue weighted by Crippen LogP contribution is -2.42. The van der Waals surface area contributed by atoms with Crippen molar-refractivity contribution in [3.63, 3.8) is 0 Å². The molecule has 0 aromatic carbocycles. The first kappa shape index (κ1) is 12.3. The molecule has 2 atom stereocenters. The van der Waals surface area contributed by atoms with Crippen LogP contribution in [0.3, 0.4) is 0 Å². The number of aromatic nitrogens is 3. The van der Waals surface area contributed by atoms with Crippen LogP contribution in [0.5, 0.6) is 0 Å². The number of hydrogen-bond acceptors (Lipinski definition) is 5. The van der Waals surface area contributed by atoms with Crippen LogP contribution in [0.25, 0.3) is 11.2 Å².